The standard InChI is InChI=1S/C28H24N2O3/c31-27(20-8-2-1-3-9-20)29-26(28(32)30-14-16-33-17-15-30)19-25-23-12-6-4-10-21(23)18-22-11-5-7-13-24(22)25/h1-13,18-19H,14-17H2,(H,29,31)/b26-19-. The van der Waals surface area contributed by atoms with Gasteiger partial charge < -0.3 is 15.0 Å². The van der Waals surface area contributed by atoms with Crippen LogP contribution in [-0.2, 0) is 9.53 Å². The number of carbonyl (C=O) groups excluding carboxylic acids is 2. The summed E-state index contributed by atoms with van der Waals surface area (Å²) >= 11 is 0. The molecule has 0 bridgehead atoms. The number of morpholine rings is 1. The van der Waals surface area contributed by atoms with E-state index in [0.29, 0.717) is 31.9 Å². The van der Waals surface area contributed by atoms with Gasteiger partial charge in [0.25, 0.3) is 11.8 Å². The van der Waals surface area contributed by atoms with Crippen LogP contribution in [0.1, 0.15) is 15.9 Å². The van der Waals surface area contributed by atoms with Gasteiger partial charge in [-0.2, -0.15) is 0 Å². The molecule has 0 radical (unpaired) electrons. The van der Waals surface area contributed by atoms with Crippen LogP contribution >= 0.6 is 0 Å². The second-order valence-corrected chi connectivity index (χ2v) is 8.02. The summed E-state index contributed by atoms with van der Waals surface area (Å²) in [6.45, 7) is 1.97. The molecule has 164 valence electrons. The largest absolute Gasteiger partial charge is 0.378 e. The van der Waals surface area contributed by atoms with Crippen LogP contribution in [0, 0.1) is 0 Å². The molecule has 1 aliphatic rings. The van der Waals surface area contributed by atoms with Crippen LogP contribution < -0.4 is 5.32 Å². The van der Waals surface area contributed by atoms with Gasteiger partial charge in [0, 0.05) is 18.7 Å². The van der Waals surface area contributed by atoms with E-state index < -0.39 is 0 Å². The molecule has 4 aromatic carbocycles. The number of ether oxygens (including phenoxy) is 1. The van der Waals surface area contributed by atoms with Crippen molar-refractivity contribution in [3.05, 3.63) is 102 Å². The summed E-state index contributed by atoms with van der Waals surface area (Å²) in [7, 11) is 0. The first-order valence-corrected chi connectivity index (χ1v) is 11.1. The van der Waals surface area contributed by atoms with E-state index >= 15 is 0 Å². The van der Waals surface area contributed by atoms with Crippen LogP contribution in [0.15, 0.2) is 90.6 Å². The van der Waals surface area contributed by atoms with Gasteiger partial charge in [0.1, 0.15) is 5.70 Å². The van der Waals surface area contributed by atoms with E-state index in [4.69, 9.17) is 4.74 Å². The molecule has 4 aromatic rings. The number of benzene rings is 4. The predicted molar refractivity (Wildman–Crippen MR) is 131 cm³/mol. The molecule has 33 heavy (non-hydrogen) atoms. The Hall–Kier alpha value is -3.96. The van der Waals surface area contributed by atoms with E-state index in [1.54, 1.807) is 29.2 Å². The Bertz CT molecular complexity index is 1300. The smallest absolute Gasteiger partial charge is 0.270 e. The molecule has 1 N–H and O–H groups in total. The highest BCUT2D eigenvalue weighted by Gasteiger charge is 2.23. The summed E-state index contributed by atoms with van der Waals surface area (Å²) in [5.41, 5.74) is 1.67. The molecule has 0 atom stereocenters. The van der Waals surface area contributed by atoms with E-state index in [1.807, 2.05) is 48.5 Å². The molecule has 1 aliphatic heterocycles. The van der Waals surface area contributed by atoms with Crippen molar-refractivity contribution < 1.29 is 14.3 Å². The number of hydrogen-bond donors (Lipinski definition) is 1. The zero-order valence-corrected chi connectivity index (χ0v) is 18.2. The number of amides is 2. The monoisotopic (exact) mass is 436 g/mol. The fourth-order valence-electron chi connectivity index (χ4n) is 4.22. The zero-order chi connectivity index (χ0) is 22.6. The van der Waals surface area contributed by atoms with Crippen LogP contribution in [0.25, 0.3) is 27.6 Å². The molecule has 0 aromatic heterocycles. The Balaban J connectivity index is 1.65. The molecule has 1 fully saturated rings. The first-order valence-electron chi connectivity index (χ1n) is 11.1. The molecule has 0 spiro atoms. The summed E-state index contributed by atoms with van der Waals surface area (Å²) < 4.78 is 5.41. The summed E-state index contributed by atoms with van der Waals surface area (Å²) in [6, 6.07) is 27.3. The molecule has 2 amide bonds. The minimum atomic E-state index is -0.312. The maximum absolute atomic E-state index is 13.5. The Kier molecular flexibility index (Phi) is 5.87. The quantitative estimate of drug-likeness (QED) is 0.375. The SMILES string of the molecule is O=C(N/C(=C\c1c2ccccc2cc2ccccc12)C(=O)N1CCOCC1)c1ccccc1. The number of carbonyl (C=O) groups is 2. The summed E-state index contributed by atoms with van der Waals surface area (Å²) in [5, 5.41) is 7.11. The van der Waals surface area contributed by atoms with Crippen molar-refractivity contribution in [3.63, 3.8) is 0 Å². The highest BCUT2D eigenvalue weighted by Crippen LogP contribution is 2.30. The Morgan fingerprint density at radius 2 is 1.36 bits per heavy atom. The molecule has 0 unspecified atom stereocenters. The molecule has 1 heterocycles. The van der Waals surface area contributed by atoms with Crippen molar-refractivity contribution in [1.29, 1.82) is 0 Å². The van der Waals surface area contributed by atoms with Crippen LogP contribution in [0.3, 0.4) is 0 Å². The summed E-state index contributed by atoms with van der Waals surface area (Å²) in [4.78, 5) is 28.3. The minimum Gasteiger partial charge on any atom is -0.378 e. The van der Waals surface area contributed by atoms with Crippen LogP contribution in [-0.4, -0.2) is 43.0 Å². The van der Waals surface area contributed by atoms with Gasteiger partial charge in [0.05, 0.1) is 13.2 Å². The summed E-state index contributed by atoms with van der Waals surface area (Å²) in [6.07, 6.45) is 1.82. The predicted octanol–water partition coefficient (Wildman–Crippen LogP) is 4.62. The maximum Gasteiger partial charge on any atom is 0.270 e. The van der Waals surface area contributed by atoms with Gasteiger partial charge >= 0.3 is 0 Å². The molecule has 5 heteroatoms. The van der Waals surface area contributed by atoms with Gasteiger partial charge in [-0.05, 0) is 51.4 Å². The Labute approximate surface area is 192 Å². The highest BCUT2D eigenvalue weighted by molar-refractivity contribution is 6.11. The topological polar surface area (TPSA) is 58.6 Å². The van der Waals surface area contributed by atoms with Gasteiger partial charge in [-0.15, -0.1) is 0 Å². The van der Waals surface area contributed by atoms with Crippen molar-refractivity contribution in [3.8, 4) is 0 Å². The average Bonchev–Trinajstić information content (AvgIpc) is 2.88. The molecule has 0 aliphatic carbocycles. The number of nitrogens with one attached hydrogen (secondary N) is 1. The van der Waals surface area contributed by atoms with E-state index in [2.05, 4.69) is 23.5 Å². The average molecular weight is 437 g/mol. The second kappa shape index (κ2) is 9.27. The minimum absolute atomic E-state index is 0.209. The molecular weight excluding hydrogens is 412 g/mol. The third kappa shape index (κ3) is 4.36. The Morgan fingerprint density at radius 3 is 2.00 bits per heavy atom. The van der Waals surface area contributed by atoms with Gasteiger partial charge in [-0.1, -0.05) is 66.7 Å². The van der Waals surface area contributed by atoms with E-state index in [9.17, 15) is 9.59 Å². The first kappa shape index (κ1) is 20.9. The first-order chi connectivity index (χ1) is 16.2. The van der Waals surface area contributed by atoms with Gasteiger partial charge in [-0.25, -0.2) is 0 Å². The molecule has 5 nitrogen and oxygen atoms in total. The van der Waals surface area contributed by atoms with E-state index in [1.165, 1.54) is 0 Å². The van der Waals surface area contributed by atoms with Crippen LogP contribution in [0.4, 0.5) is 0 Å². The van der Waals surface area contributed by atoms with Gasteiger partial charge in [-0.3, -0.25) is 9.59 Å². The van der Waals surface area contributed by atoms with Crippen LogP contribution in [0.5, 0.6) is 0 Å². The lowest BCUT2D eigenvalue weighted by atomic mass is 9.96. The number of nitrogens with zero attached hydrogens (tertiary/aromatic N) is 1. The fraction of sp³-hybridized carbons (Fsp3) is 0.143. The Morgan fingerprint density at radius 1 is 0.788 bits per heavy atom. The van der Waals surface area contributed by atoms with E-state index in [-0.39, 0.29) is 17.5 Å². The lowest BCUT2D eigenvalue weighted by Crippen LogP contribution is -2.44. The molecule has 5 rings (SSSR count). The molecule has 1 saturated heterocycles. The number of rotatable bonds is 4. The second-order valence-electron chi connectivity index (χ2n) is 8.02. The van der Waals surface area contributed by atoms with Crippen molar-refractivity contribution in [1.82, 2.24) is 10.2 Å². The van der Waals surface area contributed by atoms with E-state index in [0.717, 1.165) is 27.1 Å². The van der Waals surface area contributed by atoms with Gasteiger partial charge in [0.2, 0.25) is 0 Å². The molecule has 0 saturated carbocycles. The lowest BCUT2D eigenvalue weighted by Gasteiger charge is -2.28. The highest BCUT2D eigenvalue weighted by atomic mass is 16.5. The van der Waals surface area contributed by atoms with Crippen molar-refractivity contribution in [2.24, 2.45) is 0 Å². The normalized spacial score (nSPS) is 14.4. The summed E-state index contributed by atoms with van der Waals surface area (Å²) in [5.74, 6) is -0.521. The number of hydrogen-bond acceptors (Lipinski definition) is 3. The van der Waals surface area contributed by atoms with Crippen molar-refractivity contribution in [2.45, 2.75) is 0 Å². The van der Waals surface area contributed by atoms with Crippen LogP contribution in [0.2, 0.25) is 0 Å². The third-order valence-corrected chi connectivity index (χ3v) is 5.91. The van der Waals surface area contributed by atoms with Crippen molar-refractivity contribution >= 4 is 39.4 Å². The van der Waals surface area contributed by atoms with Crippen molar-refractivity contribution in [2.75, 3.05) is 26.3 Å². The maximum atomic E-state index is 13.5. The lowest BCUT2D eigenvalue weighted by molar-refractivity contribution is -0.131. The number of fused-ring (bicyclic) bond motifs is 2. The molecular formula is C28H24N2O3. The van der Waals surface area contributed by atoms with Gasteiger partial charge in [0.15, 0.2) is 0 Å². The zero-order valence-electron chi connectivity index (χ0n) is 18.2. The third-order valence-electron chi connectivity index (χ3n) is 5.91. The fourth-order valence-corrected chi connectivity index (χ4v) is 4.22.